The molecule has 8 amide bonds. The van der Waals surface area contributed by atoms with E-state index in [9.17, 15) is 74.1 Å². The number of nitrogens with zero attached hydrogens (tertiary/aromatic N) is 4. The highest BCUT2D eigenvalue weighted by molar-refractivity contribution is 8.76. The molecule has 0 radical (unpaired) electrons. The third kappa shape index (κ3) is 27.0. The number of aromatic hydroxyl groups is 1. The molecule has 2 aliphatic rings. The summed E-state index contributed by atoms with van der Waals surface area (Å²) in [4.78, 5) is 163. The number of unbranched alkanes of at least 4 members (excludes halogenated alkanes) is 1. The van der Waals surface area contributed by atoms with E-state index >= 15 is 14.4 Å². The van der Waals surface area contributed by atoms with Crippen LogP contribution in [0.5, 0.6) is 5.75 Å². The number of hydrogen-bond donors (Lipinski definition) is 17. The van der Waals surface area contributed by atoms with Crippen molar-refractivity contribution in [2.45, 2.75) is 113 Å². The van der Waals surface area contributed by atoms with Crippen molar-refractivity contribution < 1.29 is 88.5 Å². The average molecular weight is 1420 g/mol. The molecule has 1 aromatic heterocycles. The molecule has 4 aromatic rings. The van der Waals surface area contributed by atoms with E-state index in [1.165, 1.54) is 38.1 Å². The summed E-state index contributed by atoms with van der Waals surface area (Å²) in [6.45, 7) is 1.08. The molecule has 0 bridgehead atoms. The monoisotopic (exact) mass is 1420 g/mol. The number of aliphatic hydroxyl groups is 3. The van der Waals surface area contributed by atoms with E-state index in [4.69, 9.17) is 5.73 Å². The molecule has 3 heterocycles. The number of carbonyl (C=O) groups is 11. The number of aromatic nitrogens is 1. The van der Waals surface area contributed by atoms with E-state index in [-0.39, 0.29) is 115 Å². The summed E-state index contributed by atoms with van der Waals surface area (Å²) in [7, 11) is 1.81. The lowest BCUT2D eigenvalue weighted by atomic mass is 10.0. The van der Waals surface area contributed by atoms with Crippen LogP contribution in [0.4, 0.5) is 0 Å². The SMILES string of the molecule is CC(O)[C@@H]1NC(=O)[C@H](CCCCN)NC(=O)[C@@H](Cc2c[nH]c3ccccc23)NC(=O)[C@H](Cc2ccc(O)cc2)NC(=O)[C@@H](NC(=O)[C@@H](Cc2ccccc2)NC(=O)CN2CCN(CC(=O)O)CCN(CC(=O)O)CCN(CC(=O)O)CC2)CSSC[C@@H](C(=O)N[C@H](CO)C(C)O)NC1=O. The van der Waals surface area contributed by atoms with E-state index in [1.807, 2.05) is 0 Å². The number of carboxylic acid groups (broad SMARTS) is 3. The van der Waals surface area contributed by atoms with E-state index < -0.39 is 152 Å². The Morgan fingerprint density at radius 3 is 1.68 bits per heavy atom. The van der Waals surface area contributed by atoms with Crippen molar-refractivity contribution in [2.24, 2.45) is 5.73 Å². The first-order chi connectivity index (χ1) is 47.3. The van der Waals surface area contributed by atoms with Crippen molar-refractivity contribution in [1.29, 1.82) is 0 Å². The van der Waals surface area contributed by atoms with Crippen molar-refractivity contribution in [3.63, 3.8) is 0 Å². The van der Waals surface area contributed by atoms with Gasteiger partial charge in [0.25, 0.3) is 0 Å². The number of amides is 8. The number of aliphatic carboxylic acids is 3. The Balaban J connectivity index is 1.40. The van der Waals surface area contributed by atoms with Gasteiger partial charge in [0, 0.05) is 100 Å². The third-order valence-electron chi connectivity index (χ3n) is 16.6. The molecule has 3 aromatic carbocycles. The second-order valence-corrected chi connectivity index (χ2v) is 27.0. The van der Waals surface area contributed by atoms with Crippen LogP contribution in [0.2, 0.25) is 0 Å². The maximum absolute atomic E-state index is 15.3. The fourth-order valence-electron chi connectivity index (χ4n) is 11.1. The van der Waals surface area contributed by atoms with Gasteiger partial charge in [0.05, 0.1) is 51.0 Å². The van der Waals surface area contributed by atoms with Crippen molar-refractivity contribution in [1.82, 2.24) is 67.1 Å². The number of hydrogen-bond acceptors (Lipinski definition) is 22. The number of phenols is 1. The number of phenolic OH excluding ortho intramolecular Hbond substituents is 1. The first-order valence-corrected chi connectivity index (χ1v) is 35.0. The summed E-state index contributed by atoms with van der Waals surface area (Å²) in [5, 5.41) is 93.2. The quantitative estimate of drug-likeness (QED) is 0.0215. The van der Waals surface area contributed by atoms with Gasteiger partial charge in [0.1, 0.15) is 48.0 Å². The van der Waals surface area contributed by atoms with Crippen LogP contribution in [0.3, 0.4) is 0 Å². The number of fused-ring (bicyclic) bond motifs is 1. The van der Waals surface area contributed by atoms with Crippen LogP contribution in [0.25, 0.3) is 10.9 Å². The van der Waals surface area contributed by atoms with Crippen molar-refractivity contribution >= 4 is 97.7 Å². The number of nitrogens with two attached hydrogens (primary N) is 1. The van der Waals surface area contributed by atoms with Gasteiger partial charge in [0.15, 0.2) is 0 Å². The van der Waals surface area contributed by atoms with Crippen LogP contribution in [-0.4, -0.2) is 289 Å². The molecule has 18 N–H and O–H groups in total. The summed E-state index contributed by atoms with van der Waals surface area (Å²) in [5.41, 5.74) is 8.05. The molecule has 0 saturated carbocycles. The third-order valence-corrected chi connectivity index (χ3v) is 19.0. The van der Waals surface area contributed by atoms with Gasteiger partial charge in [-0.2, -0.15) is 0 Å². The zero-order valence-electron chi connectivity index (χ0n) is 55.2. The number of carbonyl (C=O) groups excluding carboxylic acids is 8. The van der Waals surface area contributed by atoms with Crippen LogP contribution in [0.1, 0.15) is 49.8 Å². The van der Waals surface area contributed by atoms with Gasteiger partial charge in [-0.3, -0.25) is 72.3 Å². The smallest absolute Gasteiger partial charge is 0.317 e. The van der Waals surface area contributed by atoms with Gasteiger partial charge >= 0.3 is 17.9 Å². The molecular weight excluding hydrogens is 1330 g/mol. The Kier molecular flexibility index (Phi) is 32.6. The second kappa shape index (κ2) is 40.6. The highest BCUT2D eigenvalue weighted by Crippen LogP contribution is 2.25. The zero-order valence-corrected chi connectivity index (χ0v) is 56.8. The first kappa shape index (κ1) is 79.5. The predicted octanol–water partition coefficient (Wildman–Crippen LogP) is -3.47. The van der Waals surface area contributed by atoms with Crippen LogP contribution in [0.15, 0.2) is 85.1 Å². The lowest BCUT2D eigenvalue weighted by Crippen LogP contribution is -2.62. The molecule has 6 rings (SSSR count). The fourth-order valence-corrected chi connectivity index (χ4v) is 13.4. The van der Waals surface area contributed by atoms with E-state index in [1.54, 1.807) is 80.4 Å². The number of para-hydroxylation sites is 1. The molecule has 32 nitrogen and oxygen atoms in total. The molecule has 2 unspecified atom stereocenters. The standard InChI is InChI=1S/C65H92N14O18S2/c1-39(81)51(36-80)72-64(96)53-38-99-98-37-52(73-60(92)48(28-41-10-4-3-5-11-41)68-54(84)32-76-20-22-77(33-55(85)86)24-26-79(35-57(89)90)27-25-78(23-21-76)34-56(87)88)63(95)70-49(29-42-15-17-44(83)18-16-42)61(93)71-50(30-43-31-67-46-13-7-6-12-45(43)46)62(94)69-47(14-8-9-19-66)59(91)75-58(40(2)82)65(97)74-53/h3-7,10-13,15-18,31,39-40,47-53,58,67,80-83H,8-9,14,19-30,32-38,66H2,1-2H3,(H,68,84)(H,69,94)(H,70,95)(H,71,93)(H,72,96)(H,73,92)(H,74,97)(H,75,91)(H,85,86)(H,87,88)(H,89,90)/t39?,40?,47-,48+,49-,50+,51+,52-,53-,58-/m0/s1. The van der Waals surface area contributed by atoms with E-state index in [0.29, 0.717) is 34.0 Å². The minimum Gasteiger partial charge on any atom is -0.508 e. The topological polar surface area (TPSA) is 480 Å². The number of aliphatic hydroxyl groups excluding tert-OH is 3. The van der Waals surface area contributed by atoms with Gasteiger partial charge in [0.2, 0.25) is 47.3 Å². The molecule has 10 atom stereocenters. The van der Waals surface area contributed by atoms with E-state index in [0.717, 1.165) is 21.6 Å². The number of carboxylic acids is 3. The summed E-state index contributed by atoms with van der Waals surface area (Å²) >= 11 is 0. The molecule has 34 heteroatoms. The number of aromatic amines is 1. The van der Waals surface area contributed by atoms with Crippen LogP contribution in [0, 0.1) is 0 Å². The van der Waals surface area contributed by atoms with E-state index in [2.05, 4.69) is 47.5 Å². The molecule has 0 aliphatic carbocycles. The first-order valence-electron chi connectivity index (χ1n) is 32.5. The maximum Gasteiger partial charge on any atom is 0.317 e. The highest BCUT2D eigenvalue weighted by Gasteiger charge is 2.37. The van der Waals surface area contributed by atoms with Crippen LogP contribution >= 0.6 is 21.6 Å². The Morgan fingerprint density at radius 1 is 0.596 bits per heavy atom. The largest absolute Gasteiger partial charge is 0.508 e. The van der Waals surface area contributed by atoms with Gasteiger partial charge < -0.3 is 89.0 Å². The van der Waals surface area contributed by atoms with Gasteiger partial charge in [-0.1, -0.05) is 82.3 Å². The normalized spacial score (nSPS) is 22.0. The molecule has 0 spiro atoms. The number of rotatable bonds is 26. The fraction of sp³-hybridized carbons (Fsp3) is 0.523. The lowest BCUT2D eigenvalue weighted by molar-refractivity contribution is -0.140. The maximum atomic E-state index is 15.3. The Labute approximate surface area is 580 Å². The minimum absolute atomic E-state index is 0.0540. The van der Waals surface area contributed by atoms with Crippen molar-refractivity contribution in [3.05, 3.63) is 102 Å². The zero-order chi connectivity index (χ0) is 72.1. The number of benzene rings is 3. The molecular formula is C65H92N14O18S2. The molecule has 99 heavy (non-hydrogen) atoms. The van der Waals surface area contributed by atoms with Crippen molar-refractivity contribution in [2.75, 3.05) is 103 Å². The van der Waals surface area contributed by atoms with Crippen molar-refractivity contribution in [3.8, 4) is 5.75 Å². The Hall–Kier alpha value is -8.45. The number of nitrogens with one attached hydrogen (secondary N) is 9. The molecule has 542 valence electrons. The Bertz CT molecular complexity index is 3320. The predicted molar refractivity (Wildman–Crippen MR) is 366 cm³/mol. The van der Waals surface area contributed by atoms with Gasteiger partial charge in [-0.25, -0.2) is 0 Å². The van der Waals surface area contributed by atoms with Crippen LogP contribution < -0.4 is 48.3 Å². The van der Waals surface area contributed by atoms with Gasteiger partial charge in [-0.15, -0.1) is 0 Å². The van der Waals surface area contributed by atoms with Crippen LogP contribution in [-0.2, 0) is 72.0 Å². The summed E-state index contributed by atoms with van der Waals surface area (Å²) < 4.78 is 0. The highest BCUT2D eigenvalue weighted by atomic mass is 33.1. The second-order valence-electron chi connectivity index (χ2n) is 24.5. The van der Waals surface area contributed by atoms with Gasteiger partial charge in [-0.05, 0) is 74.5 Å². The molecule has 2 fully saturated rings. The number of H-pyrrole nitrogens is 1. The molecule has 2 aliphatic heterocycles. The Morgan fingerprint density at radius 2 is 1.12 bits per heavy atom. The summed E-state index contributed by atoms with van der Waals surface area (Å²) in [5.74, 6) is -11.6. The molecule has 2 saturated heterocycles. The lowest BCUT2D eigenvalue weighted by Gasteiger charge is -2.33. The minimum atomic E-state index is -1.77. The summed E-state index contributed by atoms with van der Waals surface area (Å²) in [6.07, 6.45) is -1.31. The summed E-state index contributed by atoms with van der Waals surface area (Å²) in [6, 6.07) is 9.21. The average Bonchev–Trinajstić information content (AvgIpc) is 1.73.